The molecule has 4 heteroatoms. The van der Waals surface area contributed by atoms with Gasteiger partial charge in [-0.05, 0) is 36.4 Å². The Morgan fingerprint density at radius 3 is 2.74 bits per heavy atom. The van der Waals surface area contributed by atoms with E-state index in [1.54, 1.807) is 11.3 Å². The van der Waals surface area contributed by atoms with Crippen LogP contribution in [0.2, 0.25) is 0 Å². The van der Waals surface area contributed by atoms with Gasteiger partial charge in [-0.1, -0.05) is 45.4 Å². The normalized spacial score (nSPS) is 11.6. The van der Waals surface area contributed by atoms with Crippen molar-refractivity contribution < 1.29 is 4.84 Å². The van der Waals surface area contributed by atoms with Gasteiger partial charge >= 0.3 is 0 Å². The topological polar surface area (TPSA) is 21.6 Å². The summed E-state index contributed by atoms with van der Waals surface area (Å²) in [7, 11) is 0. The highest BCUT2D eigenvalue weighted by molar-refractivity contribution is 9.09. The third kappa shape index (κ3) is 3.67. The number of hydrogen-bond donors (Lipinski definition) is 0. The van der Waals surface area contributed by atoms with Gasteiger partial charge in [0.05, 0.1) is 4.88 Å². The lowest BCUT2D eigenvalue weighted by Gasteiger charge is -2.07. The van der Waals surface area contributed by atoms with E-state index in [9.17, 15) is 0 Å². The zero-order valence-corrected chi connectivity index (χ0v) is 13.4. The number of halogens is 1. The van der Waals surface area contributed by atoms with E-state index in [1.165, 1.54) is 11.1 Å². The molecule has 0 aliphatic carbocycles. The highest BCUT2D eigenvalue weighted by atomic mass is 79.9. The molecule has 0 aliphatic heterocycles. The first kappa shape index (κ1) is 14.3. The van der Waals surface area contributed by atoms with Crippen LogP contribution in [0.25, 0.3) is 0 Å². The highest BCUT2D eigenvalue weighted by Gasteiger charge is 2.12. The van der Waals surface area contributed by atoms with Gasteiger partial charge in [0.25, 0.3) is 0 Å². The lowest BCUT2D eigenvalue weighted by molar-refractivity contribution is 0.162. The molecule has 0 aliphatic rings. The Morgan fingerprint density at radius 2 is 2.11 bits per heavy atom. The number of aryl methyl sites for hydroxylation is 2. The van der Waals surface area contributed by atoms with E-state index in [0.717, 1.165) is 21.5 Å². The standard InChI is InChI=1S/C15H16BrNOS/c1-11-9-14(19-10-11)15(17-18-8-7-16)13-6-4-3-5-12(13)2/h3-6,9-10H,7-8H2,1-2H3/b17-15+. The third-order valence-corrected chi connectivity index (χ3v) is 4.07. The molecule has 0 fully saturated rings. The second-order valence-corrected chi connectivity index (χ2v) is 5.97. The SMILES string of the molecule is Cc1csc(/C(=N/OCCBr)c2ccccc2C)c1. The molecule has 1 aromatic carbocycles. The van der Waals surface area contributed by atoms with Crippen molar-refractivity contribution in [3.05, 3.63) is 57.3 Å². The summed E-state index contributed by atoms with van der Waals surface area (Å²) < 4.78 is 0. The minimum absolute atomic E-state index is 0.569. The Balaban J connectivity index is 2.40. The van der Waals surface area contributed by atoms with E-state index in [2.05, 4.69) is 58.5 Å². The molecule has 2 rings (SSSR count). The molecule has 0 bridgehead atoms. The molecular weight excluding hydrogens is 322 g/mol. The predicted molar refractivity (Wildman–Crippen MR) is 85.6 cm³/mol. The van der Waals surface area contributed by atoms with E-state index in [0.29, 0.717) is 6.61 Å². The van der Waals surface area contributed by atoms with Crippen LogP contribution in [-0.2, 0) is 4.84 Å². The molecule has 0 atom stereocenters. The van der Waals surface area contributed by atoms with Crippen molar-refractivity contribution >= 4 is 33.0 Å². The summed E-state index contributed by atoms with van der Waals surface area (Å²) in [5.41, 5.74) is 4.49. The van der Waals surface area contributed by atoms with Crippen molar-refractivity contribution in [3.63, 3.8) is 0 Å². The molecule has 0 spiro atoms. The first-order valence-corrected chi connectivity index (χ1v) is 8.10. The zero-order chi connectivity index (χ0) is 13.7. The fourth-order valence-electron chi connectivity index (χ4n) is 1.77. The van der Waals surface area contributed by atoms with Gasteiger partial charge in [0.2, 0.25) is 0 Å². The van der Waals surface area contributed by atoms with Crippen LogP contribution in [0, 0.1) is 13.8 Å². The second kappa shape index (κ2) is 6.87. The Labute approximate surface area is 126 Å². The van der Waals surface area contributed by atoms with Crippen LogP contribution in [-0.4, -0.2) is 17.6 Å². The van der Waals surface area contributed by atoms with Gasteiger partial charge in [-0.15, -0.1) is 11.3 Å². The van der Waals surface area contributed by atoms with Crippen molar-refractivity contribution in [2.75, 3.05) is 11.9 Å². The fraction of sp³-hybridized carbons (Fsp3) is 0.267. The molecular formula is C15H16BrNOS. The molecule has 0 radical (unpaired) electrons. The monoisotopic (exact) mass is 337 g/mol. The number of hydrogen-bond acceptors (Lipinski definition) is 3. The molecule has 0 saturated heterocycles. The smallest absolute Gasteiger partial charge is 0.127 e. The summed E-state index contributed by atoms with van der Waals surface area (Å²) in [6.45, 7) is 4.75. The van der Waals surface area contributed by atoms with Crippen molar-refractivity contribution in [2.45, 2.75) is 13.8 Å². The largest absolute Gasteiger partial charge is 0.394 e. The number of thiophene rings is 1. The summed E-state index contributed by atoms with van der Waals surface area (Å²) >= 11 is 5.04. The maximum absolute atomic E-state index is 5.37. The Kier molecular flexibility index (Phi) is 5.16. The van der Waals surface area contributed by atoms with Crippen LogP contribution in [0.15, 0.2) is 40.9 Å². The van der Waals surface area contributed by atoms with Crippen molar-refractivity contribution in [3.8, 4) is 0 Å². The third-order valence-electron chi connectivity index (χ3n) is 2.69. The van der Waals surface area contributed by atoms with Crippen LogP contribution in [0.3, 0.4) is 0 Å². The molecule has 0 N–H and O–H groups in total. The Morgan fingerprint density at radius 1 is 1.32 bits per heavy atom. The average molecular weight is 338 g/mol. The summed E-state index contributed by atoms with van der Waals surface area (Å²) in [6, 6.07) is 10.4. The van der Waals surface area contributed by atoms with Gasteiger partial charge in [-0.25, -0.2) is 0 Å². The number of rotatable bonds is 5. The molecule has 2 aromatic rings. The zero-order valence-electron chi connectivity index (χ0n) is 11.0. The van der Waals surface area contributed by atoms with Crippen molar-refractivity contribution in [1.82, 2.24) is 0 Å². The van der Waals surface area contributed by atoms with E-state index < -0.39 is 0 Å². The van der Waals surface area contributed by atoms with E-state index in [1.807, 2.05) is 12.1 Å². The summed E-state index contributed by atoms with van der Waals surface area (Å²) in [4.78, 5) is 6.51. The first-order valence-electron chi connectivity index (χ1n) is 6.10. The average Bonchev–Trinajstić information content (AvgIpc) is 2.83. The molecule has 19 heavy (non-hydrogen) atoms. The maximum atomic E-state index is 5.37. The molecule has 1 heterocycles. The van der Waals surface area contributed by atoms with E-state index >= 15 is 0 Å². The van der Waals surface area contributed by atoms with Crippen LogP contribution >= 0.6 is 27.3 Å². The highest BCUT2D eigenvalue weighted by Crippen LogP contribution is 2.21. The van der Waals surface area contributed by atoms with Crippen molar-refractivity contribution in [2.24, 2.45) is 5.16 Å². The van der Waals surface area contributed by atoms with Gasteiger partial charge in [-0.2, -0.15) is 0 Å². The number of oxime groups is 1. The van der Waals surface area contributed by atoms with Gasteiger partial charge in [-0.3, -0.25) is 0 Å². The fourth-order valence-corrected chi connectivity index (χ4v) is 2.80. The predicted octanol–water partition coefficient (Wildman–Crippen LogP) is 4.53. The minimum Gasteiger partial charge on any atom is -0.394 e. The second-order valence-electron chi connectivity index (χ2n) is 4.27. The van der Waals surface area contributed by atoms with Crippen LogP contribution in [0.1, 0.15) is 21.6 Å². The lowest BCUT2D eigenvalue weighted by Crippen LogP contribution is -2.05. The molecule has 0 unspecified atom stereocenters. The molecule has 0 saturated carbocycles. The van der Waals surface area contributed by atoms with Crippen molar-refractivity contribution in [1.29, 1.82) is 0 Å². The maximum Gasteiger partial charge on any atom is 0.127 e. The Hall–Kier alpha value is -1.13. The van der Waals surface area contributed by atoms with Crippen LogP contribution in [0.5, 0.6) is 0 Å². The van der Waals surface area contributed by atoms with E-state index in [4.69, 9.17) is 4.84 Å². The minimum atomic E-state index is 0.569. The Bertz CT molecular complexity index is 577. The van der Waals surface area contributed by atoms with Gasteiger partial charge < -0.3 is 4.84 Å². The number of benzene rings is 1. The summed E-state index contributed by atoms with van der Waals surface area (Å²) in [5.74, 6) is 0. The quantitative estimate of drug-likeness (QED) is 0.340. The van der Waals surface area contributed by atoms with Gasteiger partial charge in [0.15, 0.2) is 0 Å². The number of nitrogens with zero attached hydrogens (tertiary/aromatic N) is 1. The van der Waals surface area contributed by atoms with E-state index in [-0.39, 0.29) is 0 Å². The summed E-state index contributed by atoms with van der Waals surface area (Å²) in [6.07, 6.45) is 0. The molecule has 0 amide bonds. The van der Waals surface area contributed by atoms with Gasteiger partial charge in [0, 0.05) is 10.9 Å². The molecule has 100 valence electrons. The molecule has 2 nitrogen and oxygen atoms in total. The summed E-state index contributed by atoms with van der Waals surface area (Å²) in [5, 5.41) is 7.24. The lowest BCUT2D eigenvalue weighted by atomic mass is 10.0. The first-order chi connectivity index (χ1) is 9.22. The van der Waals surface area contributed by atoms with Crippen LogP contribution < -0.4 is 0 Å². The van der Waals surface area contributed by atoms with Crippen LogP contribution in [0.4, 0.5) is 0 Å². The van der Waals surface area contributed by atoms with Gasteiger partial charge in [0.1, 0.15) is 12.3 Å². The number of alkyl halides is 1. The molecule has 1 aromatic heterocycles.